The topological polar surface area (TPSA) is 47.6 Å². The molecule has 0 bridgehead atoms. The van der Waals surface area contributed by atoms with Crippen LogP contribution in [0.15, 0.2) is 65.7 Å². The summed E-state index contributed by atoms with van der Waals surface area (Å²) in [6, 6.07) is 20.1. The highest BCUT2D eigenvalue weighted by atomic mass is 32.2. The minimum Gasteiger partial charge on any atom is -0.493 e. The first-order valence-corrected chi connectivity index (χ1v) is 7.97. The summed E-state index contributed by atoms with van der Waals surface area (Å²) in [5.41, 5.74) is 7.16. The van der Waals surface area contributed by atoms with E-state index in [1.807, 2.05) is 48.5 Å². The maximum absolute atomic E-state index is 5.87. The first-order valence-electron chi connectivity index (χ1n) is 6.99. The van der Waals surface area contributed by atoms with Crippen LogP contribution in [0.25, 0.3) is 0 Å². The van der Waals surface area contributed by atoms with Gasteiger partial charge in [-0.1, -0.05) is 60.3 Å². The number of thioether (sulfide) groups is 1. The number of hydrogen-bond acceptors (Lipinski definition) is 3. The first kappa shape index (κ1) is 15.4. The smallest absolute Gasteiger partial charge is 0.154 e. The van der Waals surface area contributed by atoms with Crippen molar-refractivity contribution >= 4 is 16.9 Å². The summed E-state index contributed by atoms with van der Waals surface area (Å²) in [7, 11) is 0. The van der Waals surface area contributed by atoms with Crippen LogP contribution in [-0.2, 0) is 6.42 Å². The van der Waals surface area contributed by atoms with Gasteiger partial charge >= 0.3 is 0 Å². The molecule has 4 heteroatoms. The standard InChI is InChI=1S/C17H20N2OS/c18-17(19-12-11-15-7-3-1-4-8-15)21-14-13-20-16-9-5-2-6-10-16/h1-10H,11-14H2,(H2,18,19). The lowest BCUT2D eigenvalue weighted by Gasteiger charge is -2.05. The Bertz CT molecular complexity index is 543. The highest BCUT2D eigenvalue weighted by Gasteiger charge is 1.96. The van der Waals surface area contributed by atoms with E-state index >= 15 is 0 Å². The maximum Gasteiger partial charge on any atom is 0.154 e. The van der Waals surface area contributed by atoms with Gasteiger partial charge in [0.15, 0.2) is 5.17 Å². The number of aliphatic imine (C=N–C) groups is 1. The maximum atomic E-state index is 5.87. The zero-order chi connectivity index (χ0) is 14.8. The quantitative estimate of drug-likeness (QED) is 0.484. The molecule has 0 heterocycles. The Labute approximate surface area is 130 Å². The molecule has 0 aliphatic rings. The predicted octanol–water partition coefficient (Wildman–Crippen LogP) is 3.36. The molecule has 0 radical (unpaired) electrons. The van der Waals surface area contributed by atoms with Crippen LogP contribution >= 0.6 is 11.8 Å². The molecular weight excluding hydrogens is 280 g/mol. The molecule has 3 nitrogen and oxygen atoms in total. The molecule has 2 aromatic carbocycles. The average Bonchev–Trinajstić information content (AvgIpc) is 2.54. The molecule has 0 fully saturated rings. The van der Waals surface area contributed by atoms with E-state index in [0.717, 1.165) is 24.5 Å². The number of nitrogens with zero attached hydrogens (tertiary/aromatic N) is 1. The minimum atomic E-state index is 0.627. The third-order valence-electron chi connectivity index (χ3n) is 2.86. The molecule has 0 aromatic heterocycles. The van der Waals surface area contributed by atoms with Crippen molar-refractivity contribution in [1.82, 2.24) is 0 Å². The monoisotopic (exact) mass is 300 g/mol. The van der Waals surface area contributed by atoms with Gasteiger partial charge in [0.05, 0.1) is 6.61 Å². The molecule has 21 heavy (non-hydrogen) atoms. The van der Waals surface area contributed by atoms with Crippen molar-refractivity contribution in [1.29, 1.82) is 0 Å². The van der Waals surface area contributed by atoms with Crippen LogP contribution in [0.4, 0.5) is 0 Å². The van der Waals surface area contributed by atoms with Gasteiger partial charge in [-0.3, -0.25) is 4.99 Å². The second-order valence-corrected chi connectivity index (χ2v) is 5.58. The molecule has 0 spiro atoms. The van der Waals surface area contributed by atoms with E-state index in [-0.39, 0.29) is 0 Å². The van der Waals surface area contributed by atoms with Gasteiger partial charge in [-0.15, -0.1) is 0 Å². The first-order chi connectivity index (χ1) is 10.3. The summed E-state index contributed by atoms with van der Waals surface area (Å²) < 4.78 is 5.60. The number of benzene rings is 2. The fraction of sp³-hybridized carbons (Fsp3) is 0.235. The van der Waals surface area contributed by atoms with Crippen molar-refractivity contribution in [3.05, 3.63) is 66.2 Å². The molecule has 0 unspecified atom stereocenters. The van der Waals surface area contributed by atoms with Crippen LogP contribution in [0, 0.1) is 0 Å². The zero-order valence-electron chi connectivity index (χ0n) is 11.9. The Morgan fingerprint density at radius 1 is 1.00 bits per heavy atom. The lowest BCUT2D eigenvalue weighted by molar-refractivity contribution is 0.344. The van der Waals surface area contributed by atoms with E-state index in [4.69, 9.17) is 10.5 Å². The number of amidine groups is 1. The summed E-state index contributed by atoms with van der Waals surface area (Å²) in [5, 5.41) is 0.627. The van der Waals surface area contributed by atoms with Gasteiger partial charge in [-0.2, -0.15) is 0 Å². The van der Waals surface area contributed by atoms with E-state index in [1.54, 1.807) is 0 Å². The highest BCUT2D eigenvalue weighted by molar-refractivity contribution is 8.13. The Morgan fingerprint density at radius 3 is 2.38 bits per heavy atom. The van der Waals surface area contributed by atoms with Crippen molar-refractivity contribution < 1.29 is 4.74 Å². The Kier molecular flexibility index (Phi) is 6.68. The third-order valence-corrected chi connectivity index (χ3v) is 3.65. The fourth-order valence-corrected chi connectivity index (χ4v) is 2.37. The zero-order valence-corrected chi connectivity index (χ0v) is 12.8. The van der Waals surface area contributed by atoms with E-state index in [2.05, 4.69) is 17.1 Å². The number of rotatable bonds is 7. The molecule has 2 aromatic rings. The normalized spacial score (nSPS) is 11.3. The number of hydrogen-bond donors (Lipinski definition) is 1. The van der Waals surface area contributed by atoms with Crippen molar-refractivity contribution in [3.63, 3.8) is 0 Å². The molecule has 2 rings (SSSR count). The lowest BCUT2D eigenvalue weighted by Crippen LogP contribution is -2.11. The van der Waals surface area contributed by atoms with Crippen molar-refractivity contribution in [2.45, 2.75) is 6.42 Å². The van der Waals surface area contributed by atoms with E-state index in [1.165, 1.54) is 17.3 Å². The van der Waals surface area contributed by atoms with Crippen LogP contribution in [0.2, 0.25) is 0 Å². The molecule has 0 atom stereocenters. The summed E-state index contributed by atoms with van der Waals surface area (Å²) in [6.07, 6.45) is 0.919. The van der Waals surface area contributed by atoms with E-state index < -0.39 is 0 Å². The van der Waals surface area contributed by atoms with E-state index in [9.17, 15) is 0 Å². The predicted molar refractivity (Wildman–Crippen MR) is 91.0 cm³/mol. The number of ether oxygens (including phenoxy) is 1. The molecular formula is C17H20N2OS. The summed E-state index contributed by atoms with van der Waals surface area (Å²) >= 11 is 1.53. The van der Waals surface area contributed by atoms with Crippen molar-refractivity contribution in [2.75, 3.05) is 18.9 Å². The van der Waals surface area contributed by atoms with Crippen LogP contribution in [0.1, 0.15) is 5.56 Å². The molecule has 110 valence electrons. The number of nitrogens with two attached hydrogens (primary N) is 1. The average molecular weight is 300 g/mol. The lowest BCUT2D eigenvalue weighted by atomic mass is 10.2. The van der Waals surface area contributed by atoms with Gasteiger partial charge in [0, 0.05) is 12.3 Å². The Balaban J connectivity index is 1.60. The second kappa shape index (κ2) is 9.08. The van der Waals surface area contributed by atoms with Gasteiger partial charge in [-0.05, 0) is 24.1 Å². The van der Waals surface area contributed by atoms with Gasteiger partial charge < -0.3 is 10.5 Å². The minimum absolute atomic E-state index is 0.627. The van der Waals surface area contributed by atoms with Crippen LogP contribution < -0.4 is 10.5 Å². The third kappa shape index (κ3) is 6.36. The van der Waals surface area contributed by atoms with Crippen LogP contribution in [-0.4, -0.2) is 24.1 Å². The van der Waals surface area contributed by atoms with Crippen LogP contribution in [0.3, 0.4) is 0 Å². The van der Waals surface area contributed by atoms with Gasteiger partial charge in [0.2, 0.25) is 0 Å². The molecule has 0 saturated carbocycles. The van der Waals surface area contributed by atoms with Gasteiger partial charge in [0.1, 0.15) is 5.75 Å². The Morgan fingerprint density at radius 2 is 1.67 bits per heavy atom. The second-order valence-electron chi connectivity index (χ2n) is 4.47. The van der Waals surface area contributed by atoms with Crippen molar-refractivity contribution in [2.24, 2.45) is 10.7 Å². The summed E-state index contributed by atoms with van der Waals surface area (Å²) in [4.78, 5) is 4.37. The molecule has 0 aliphatic heterocycles. The SMILES string of the molecule is NC(=NCCc1ccccc1)SCCOc1ccccc1. The summed E-state index contributed by atoms with van der Waals surface area (Å²) in [6.45, 7) is 1.35. The van der Waals surface area contributed by atoms with Crippen LogP contribution in [0.5, 0.6) is 5.75 Å². The molecule has 0 aliphatic carbocycles. The van der Waals surface area contributed by atoms with Crippen molar-refractivity contribution in [3.8, 4) is 5.75 Å². The fourth-order valence-electron chi connectivity index (χ4n) is 1.81. The molecule has 2 N–H and O–H groups in total. The van der Waals surface area contributed by atoms with Gasteiger partial charge in [-0.25, -0.2) is 0 Å². The van der Waals surface area contributed by atoms with E-state index in [0.29, 0.717) is 11.8 Å². The summed E-state index contributed by atoms with van der Waals surface area (Å²) in [5.74, 6) is 1.69. The Hall–Kier alpha value is -1.94. The molecule has 0 saturated heterocycles. The largest absolute Gasteiger partial charge is 0.493 e. The number of para-hydroxylation sites is 1. The highest BCUT2D eigenvalue weighted by Crippen LogP contribution is 2.09. The molecule has 0 amide bonds. The van der Waals surface area contributed by atoms with Gasteiger partial charge in [0.25, 0.3) is 0 Å².